The highest BCUT2D eigenvalue weighted by Crippen LogP contribution is 2.20. The van der Waals surface area contributed by atoms with Crippen molar-refractivity contribution in [3.63, 3.8) is 0 Å². The van der Waals surface area contributed by atoms with Crippen LogP contribution in [0.5, 0.6) is 0 Å². The SMILES string of the molecule is CC(C)(C)NCCCc1cc(Br)cs1. The Morgan fingerprint density at radius 1 is 1.43 bits per heavy atom. The quantitative estimate of drug-likeness (QED) is 0.824. The summed E-state index contributed by atoms with van der Waals surface area (Å²) in [6.45, 7) is 7.71. The Kier molecular flexibility index (Phi) is 4.61. The fourth-order valence-electron chi connectivity index (χ4n) is 1.21. The van der Waals surface area contributed by atoms with Gasteiger partial charge in [0.1, 0.15) is 0 Å². The summed E-state index contributed by atoms with van der Waals surface area (Å²) in [7, 11) is 0. The Balaban J connectivity index is 2.16. The number of halogens is 1. The van der Waals surface area contributed by atoms with Crippen LogP contribution in [0.15, 0.2) is 15.9 Å². The van der Waals surface area contributed by atoms with E-state index in [0.29, 0.717) is 0 Å². The maximum atomic E-state index is 3.49. The predicted octanol–water partition coefficient (Wildman–Crippen LogP) is 3.83. The first kappa shape index (κ1) is 12.2. The van der Waals surface area contributed by atoms with Gasteiger partial charge >= 0.3 is 0 Å². The van der Waals surface area contributed by atoms with Crippen molar-refractivity contribution in [3.05, 3.63) is 20.8 Å². The topological polar surface area (TPSA) is 12.0 Å². The van der Waals surface area contributed by atoms with E-state index in [0.717, 1.165) is 6.54 Å². The molecule has 1 aromatic heterocycles. The van der Waals surface area contributed by atoms with Crippen molar-refractivity contribution in [2.45, 2.75) is 39.2 Å². The van der Waals surface area contributed by atoms with Crippen LogP contribution in [0.3, 0.4) is 0 Å². The van der Waals surface area contributed by atoms with Crippen LogP contribution in [0.4, 0.5) is 0 Å². The van der Waals surface area contributed by atoms with E-state index in [9.17, 15) is 0 Å². The second-order valence-electron chi connectivity index (χ2n) is 4.51. The Morgan fingerprint density at radius 3 is 2.64 bits per heavy atom. The van der Waals surface area contributed by atoms with Crippen molar-refractivity contribution >= 4 is 27.3 Å². The smallest absolute Gasteiger partial charge is 0.0285 e. The van der Waals surface area contributed by atoms with Crippen LogP contribution in [0, 0.1) is 0 Å². The van der Waals surface area contributed by atoms with Crippen LogP contribution in [-0.2, 0) is 6.42 Å². The molecule has 0 saturated carbocycles. The van der Waals surface area contributed by atoms with Gasteiger partial charge in [-0.25, -0.2) is 0 Å². The fraction of sp³-hybridized carbons (Fsp3) is 0.636. The molecule has 1 heterocycles. The van der Waals surface area contributed by atoms with Crippen molar-refractivity contribution in [2.24, 2.45) is 0 Å². The number of hydrogen-bond acceptors (Lipinski definition) is 2. The first-order valence-electron chi connectivity index (χ1n) is 4.95. The van der Waals surface area contributed by atoms with Crippen LogP contribution in [0.2, 0.25) is 0 Å². The lowest BCUT2D eigenvalue weighted by molar-refractivity contribution is 0.422. The highest BCUT2D eigenvalue weighted by atomic mass is 79.9. The van der Waals surface area contributed by atoms with E-state index in [2.05, 4.69) is 53.5 Å². The zero-order chi connectivity index (χ0) is 10.6. The molecule has 80 valence electrons. The van der Waals surface area contributed by atoms with E-state index in [-0.39, 0.29) is 5.54 Å². The second kappa shape index (κ2) is 5.29. The highest BCUT2D eigenvalue weighted by molar-refractivity contribution is 9.10. The summed E-state index contributed by atoms with van der Waals surface area (Å²) in [5, 5.41) is 5.64. The van der Waals surface area contributed by atoms with E-state index >= 15 is 0 Å². The molecule has 1 rings (SSSR count). The molecule has 1 aromatic rings. The maximum absolute atomic E-state index is 3.49. The minimum absolute atomic E-state index is 0.246. The number of hydrogen-bond donors (Lipinski definition) is 1. The van der Waals surface area contributed by atoms with Crippen molar-refractivity contribution in [2.75, 3.05) is 6.54 Å². The zero-order valence-electron chi connectivity index (χ0n) is 9.06. The first-order valence-corrected chi connectivity index (χ1v) is 6.62. The van der Waals surface area contributed by atoms with Crippen molar-refractivity contribution < 1.29 is 0 Å². The Labute approximate surface area is 99.0 Å². The molecule has 0 amide bonds. The molecule has 0 radical (unpaired) electrons. The Bertz CT molecular complexity index is 275. The third-order valence-corrected chi connectivity index (χ3v) is 3.63. The van der Waals surface area contributed by atoms with Gasteiger partial charge in [0, 0.05) is 20.3 Å². The molecule has 0 unspecified atom stereocenters. The minimum Gasteiger partial charge on any atom is -0.312 e. The van der Waals surface area contributed by atoms with Gasteiger partial charge in [-0.15, -0.1) is 11.3 Å². The van der Waals surface area contributed by atoms with E-state index in [1.807, 2.05) is 11.3 Å². The summed E-state index contributed by atoms with van der Waals surface area (Å²) >= 11 is 5.30. The first-order chi connectivity index (χ1) is 6.47. The standard InChI is InChI=1S/C11H18BrNS/c1-11(2,3)13-6-4-5-10-7-9(12)8-14-10/h7-8,13H,4-6H2,1-3H3. The van der Waals surface area contributed by atoms with Crippen LogP contribution in [0.25, 0.3) is 0 Å². The molecule has 0 fully saturated rings. The third kappa shape index (κ3) is 5.13. The van der Waals surface area contributed by atoms with Crippen LogP contribution in [-0.4, -0.2) is 12.1 Å². The summed E-state index contributed by atoms with van der Waals surface area (Å²) in [4.78, 5) is 1.47. The van der Waals surface area contributed by atoms with Crippen LogP contribution < -0.4 is 5.32 Å². The van der Waals surface area contributed by atoms with E-state index in [1.165, 1.54) is 22.2 Å². The number of aryl methyl sites for hydroxylation is 1. The normalized spacial score (nSPS) is 12.0. The van der Waals surface area contributed by atoms with Gasteiger partial charge in [0.05, 0.1) is 0 Å². The molecule has 1 N–H and O–H groups in total. The average molecular weight is 276 g/mol. The fourth-order valence-corrected chi connectivity index (χ4v) is 2.71. The molecule has 0 spiro atoms. The van der Waals surface area contributed by atoms with E-state index < -0.39 is 0 Å². The lowest BCUT2D eigenvalue weighted by Gasteiger charge is -2.20. The summed E-state index contributed by atoms with van der Waals surface area (Å²) in [5.74, 6) is 0. The monoisotopic (exact) mass is 275 g/mol. The van der Waals surface area contributed by atoms with Crippen molar-refractivity contribution in [1.29, 1.82) is 0 Å². The molecule has 14 heavy (non-hydrogen) atoms. The van der Waals surface area contributed by atoms with Crippen molar-refractivity contribution in [3.8, 4) is 0 Å². The molecule has 3 heteroatoms. The molecule has 0 aliphatic carbocycles. The van der Waals surface area contributed by atoms with Gasteiger partial charge in [0.25, 0.3) is 0 Å². The predicted molar refractivity (Wildman–Crippen MR) is 68.1 cm³/mol. The van der Waals surface area contributed by atoms with Crippen molar-refractivity contribution in [1.82, 2.24) is 5.32 Å². The third-order valence-electron chi connectivity index (χ3n) is 1.88. The summed E-state index contributed by atoms with van der Waals surface area (Å²) in [5.41, 5.74) is 0.246. The minimum atomic E-state index is 0.246. The van der Waals surface area contributed by atoms with E-state index in [1.54, 1.807) is 0 Å². The number of thiophene rings is 1. The Morgan fingerprint density at radius 2 is 2.14 bits per heavy atom. The molecular formula is C11H18BrNS. The summed E-state index contributed by atoms with van der Waals surface area (Å²) < 4.78 is 1.21. The van der Waals surface area contributed by atoms with Gasteiger partial charge < -0.3 is 5.32 Å². The van der Waals surface area contributed by atoms with Gasteiger partial charge in [-0.2, -0.15) is 0 Å². The average Bonchev–Trinajstić information content (AvgIpc) is 2.44. The molecule has 1 nitrogen and oxygen atoms in total. The van der Waals surface area contributed by atoms with Gasteiger partial charge in [0.2, 0.25) is 0 Å². The molecule has 0 atom stereocenters. The lowest BCUT2D eigenvalue weighted by atomic mass is 10.1. The van der Waals surface area contributed by atoms with Gasteiger partial charge in [-0.3, -0.25) is 0 Å². The summed E-state index contributed by atoms with van der Waals surface area (Å²) in [6.07, 6.45) is 2.39. The van der Waals surface area contributed by atoms with Crippen LogP contribution >= 0.6 is 27.3 Å². The molecule has 0 aliphatic rings. The second-order valence-corrected chi connectivity index (χ2v) is 6.42. The van der Waals surface area contributed by atoms with Gasteiger partial charge in [-0.1, -0.05) is 0 Å². The maximum Gasteiger partial charge on any atom is 0.0285 e. The molecule has 0 aliphatic heterocycles. The molecular weight excluding hydrogens is 258 g/mol. The number of rotatable bonds is 4. The number of nitrogens with one attached hydrogen (secondary N) is 1. The lowest BCUT2D eigenvalue weighted by Crippen LogP contribution is -2.36. The van der Waals surface area contributed by atoms with E-state index in [4.69, 9.17) is 0 Å². The zero-order valence-corrected chi connectivity index (χ0v) is 11.5. The van der Waals surface area contributed by atoms with Gasteiger partial charge in [-0.05, 0) is 62.2 Å². The summed E-state index contributed by atoms with van der Waals surface area (Å²) in [6, 6.07) is 2.21. The molecule has 0 saturated heterocycles. The largest absolute Gasteiger partial charge is 0.312 e. The highest BCUT2D eigenvalue weighted by Gasteiger charge is 2.07. The molecule has 0 bridgehead atoms. The Hall–Kier alpha value is 0.140. The van der Waals surface area contributed by atoms with Crippen LogP contribution in [0.1, 0.15) is 32.1 Å². The van der Waals surface area contributed by atoms with Gasteiger partial charge in [0.15, 0.2) is 0 Å². The molecule has 0 aromatic carbocycles.